The van der Waals surface area contributed by atoms with Crippen molar-refractivity contribution in [2.75, 3.05) is 5.32 Å². The van der Waals surface area contributed by atoms with Gasteiger partial charge >= 0.3 is 5.97 Å². The Hall–Kier alpha value is -2.40. The van der Waals surface area contributed by atoms with Crippen LogP contribution in [0.5, 0.6) is 5.75 Å². The molecule has 3 rings (SSSR count). The van der Waals surface area contributed by atoms with Gasteiger partial charge in [0.05, 0.1) is 16.9 Å². The number of rotatable bonds is 4. The average molecular weight is 399 g/mol. The molecule has 0 spiro atoms. The third kappa shape index (κ3) is 3.82. The fraction of sp³-hybridized carbons (Fsp3) is 0.200. The van der Waals surface area contributed by atoms with E-state index in [1.807, 2.05) is 56.3 Å². The number of carbonyl (C=O) groups excluding carboxylic acids is 1. The number of anilines is 1. The monoisotopic (exact) mass is 398 g/mol. The first-order valence-electron chi connectivity index (χ1n) is 8.02. The SMILES string of the molecule is CC(=O)Oc1c(C)nc2cccc(C)c2c1NCc1ccc(Br)cc1. The van der Waals surface area contributed by atoms with Gasteiger partial charge in [-0.3, -0.25) is 4.79 Å². The Kier molecular flexibility index (Phi) is 5.04. The Labute approximate surface area is 155 Å². The zero-order valence-corrected chi connectivity index (χ0v) is 16.0. The van der Waals surface area contributed by atoms with E-state index in [9.17, 15) is 4.79 Å². The summed E-state index contributed by atoms with van der Waals surface area (Å²) in [5.41, 5.74) is 4.59. The van der Waals surface area contributed by atoms with E-state index in [2.05, 4.69) is 26.2 Å². The number of nitrogens with one attached hydrogen (secondary N) is 1. The molecule has 25 heavy (non-hydrogen) atoms. The highest BCUT2D eigenvalue weighted by atomic mass is 79.9. The summed E-state index contributed by atoms with van der Waals surface area (Å²) in [6.07, 6.45) is 0. The Morgan fingerprint density at radius 3 is 2.56 bits per heavy atom. The van der Waals surface area contributed by atoms with Crippen molar-refractivity contribution in [3.05, 3.63) is 63.8 Å². The van der Waals surface area contributed by atoms with Gasteiger partial charge in [0.2, 0.25) is 0 Å². The number of pyridine rings is 1. The lowest BCUT2D eigenvalue weighted by Gasteiger charge is -2.17. The molecule has 0 atom stereocenters. The predicted octanol–water partition coefficient (Wildman–Crippen LogP) is 5.15. The van der Waals surface area contributed by atoms with Crippen molar-refractivity contribution in [1.29, 1.82) is 0 Å². The summed E-state index contributed by atoms with van der Waals surface area (Å²) in [6, 6.07) is 14.1. The van der Waals surface area contributed by atoms with E-state index < -0.39 is 0 Å². The molecular weight excluding hydrogens is 380 g/mol. The summed E-state index contributed by atoms with van der Waals surface area (Å²) in [6.45, 7) is 5.90. The highest BCUT2D eigenvalue weighted by Gasteiger charge is 2.17. The van der Waals surface area contributed by atoms with Crippen LogP contribution in [0.15, 0.2) is 46.9 Å². The van der Waals surface area contributed by atoms with E-state index in [0.717, 1.165) is 32.2 Å². The van der Waals surface area contributed by atoms with Gasteiger partial charge in [-0.25, -0.2) is 4.98 Å². The van der Waals surface area contributed by atoms with Crippen LogP contribution in [0, 0.1) is 13.8 Å². The van der Waals surface area contributed by atoms with Crippen LogP contribution in [0.25, 0.3) is 10.9 Å². The van der Waals surface area contributed by atoms with Gasteiger partial charge in [0.25, 0.3) is 0 Å². The van der Waals surface area contributed by atoms with E-state index in [1.54, 1.807) is 0 Å². The first kappa shape index (κ1) is 17.4. The summed E-state index contributed by atoms with van der Waals surface area (Å²) in [5.74, 6) is 0.135. The molecule has 0 fully saturated rings. The number of esters is 1. The van der Waals surface area contributed by atoms with Gasteiger partial charge in [0.15, 0.2) is 5.75 Å². The number of aryl methyl sites for hydroxylation is 2. The standard InChI is InChI=1S/C20H19BrN2O2/c1-12-5-4-6-17-18(12)19(20(13(2)23-17)25-14(3)24)22-11-15-7-9-16(21)10-8-15/h4-10H,11H2,1-3H3,(H,22,23). The lowest BCUT2D eigenvalue weighted by molar-refractivity contribution is -0.131. The third-order valence-corrected chi connectivity index (χ3v) is 4.50. The minimum atomic E-state index is -0.357. The second-order valence-corrected chi connectivity index (χ2v) is 6.86. The van der Waals surface area contributed by atoms with Gasteiger partial charge < -0.3 is 10.1 Å². The van der Waals surface area contributed by atoms with Crippen LogP contribution >= 0.6 is 15.9 Å². The molecule has 0 bridgehead atoms. The Morgan fingerprint density at radius 1 is 1.16 bits per heavy atom. The second-order valence-electron chi connectivity index (χ2n) is 5.94. The Balaban J connectivity index is 2.08. The molecule has 0 radical (unpaired) electrons. The number of fused-ring (bicyclic) bond motifs is 1. The molecule has 3 aromatic rings. The highest BCUT2D eigenvalue weighted by Crippen LogP contribution is 2.37. The molecule has 0 saturated carbocycles. The summed E-state index contributed by atoms with van der Waals surface area (Å²) in [4.78, 5) is 16.2. The molecule has 128 valence electrons. The molecule has 0 aliphatic heterocycles. The number of halogens is 1. The van der Waals surface area contributed by atoms with E-state index in [1.165, 1.54) is 6.92 Å². The zero-order valence-electron chi connectivity index (χ0n) is 14.4. The minimum absolute atomic E-state index is 0.357. The number of hydrogen-bond acceptors (Lipinski definition) is 4. The van der Waals surface area contributed by atoms with E-state index in [-0.39, 0.29) is 5.97 Å². The van der Waals surface area contributed by atoms with Gasteiger partial charge in [-0.1, -0.05) is 40.2 Å². The average Bonchev–Trinajstić information content (AvgIpc) is 2.56. The molecule has 0 aliphatic carbocycles. The number of carbonyl (C=O) groups is 1. The van der Waals surface area contributed by atoms with Crippen molar-refractivity contribution in [3.63, 3.8) is 0 Å². The first-order valence-corrected chi connectivity index (χ1v) is 8.81. The van der Waals surface area contributed by atoms with Crippen LogP contribution in [-0.4, -0.2) is 11.0 Å². The maximum Gasteiger partial charge on any atom is 0.308 e. The van der Waals surface area contributed by atoms with E-state index in [4.69, 9.17) is 4.74 Å². The van der Waals surface area contributed by atoms with Gasteiger partial charge in [-0.05, 0) is 43.2 Å². The van der Waals surface area contributed by atoms with Crippen LogP contribution in [0.3, 0.4) is 0 Å². The minimum Gasteiger partial charge on any atom is -0.423 e. The topological polar surface area (TPSA) is 51.2 Å². The molecule has 0 saturated heterocycles. The zero-order chi connectivity index (χ0) is 18.0. The van der Waals surface area contributed by atoms with Gasteiger partial charge in [-0.15, -0.1) is 0 Å². The summed E-state index contributed by atoms with van der Waals surface area (Å²) in [5, 5.41) is 4.42. The third-order valence-electron chi connectivity index (χ3n) is 3.97. The molecule has 5 heteroatoms. The quantitative estimate of drug-likeness (QED) is 0.617. The number of aromatic nitrogens is 1. The second kappa shape index (κ2) is 7.23. The van der Waals surface area contributed by atoms with E-state index in [0.29, 0.717) is 18.0 Å². The van der Waals surface area contributed by atoms with Crippen molar-refractivity contribution >= 4 is 38.5 Å². The van der Waals surface area contributed by atoms with Crippen LogP contribution in [0.1, 0.15) is 23.7 Å². The maximum atomic E-state index is 11.6. The lowest BCUT2D eigenvalue weighted by Crippen LogP contribution is -2.09. The summed E-state index contributed by atoms with van der Waals surface area (Å²) in [7, 11) is 0. The molecule has 1 N–H and O–H groups in total. The number of ether oxygens (including phenoxy) is 1. The van der Waals surface area contributed by atoms with Gasteiger partial charge in [0.1, 0.15) is 0 Å². The molecule has 0 aliphatic rings. The van der Waals surface area contributed by atoms with E-state index >= 15 is 0 Å². The maximum absolute atomic E-state index is 11.6. The van der Waals surface area contributed by atoms with Crippen molar-refractivity contribution in [3.8, 4) is 5.75 Å². The van der Waals surface area contributed by atoms with Crippen molar-refractivity contribution < 1.29 is 9.53 Å². The first-order chi connectivity index (χ1) is 12.0. The molecule has 2 aromatic carbocycles. The van der Waals surface area contributed by atoms with Crippen molar-refractivity contribution in [1.82, 2.24) is 4.98 Å². The molecule has 1 aromatic heterocycles. The fourth-order valence-electron chi connectivity index (χ4n) is 2.83. The molecular formula is C20H19BrN2O2. The summed E-state index contributed by atoms with van der Waals surface area (Å²) < 4.78 is 6.52. The van der Waals surface area contributed by atoms with Gasteiger partial charge in [0, 0.05) is 23.3 Å². The molecule has 1 heterocycles. The Morgan fingerprint density at radius 2 is 1.88 bits per heavy atom. The normalized spacial score (nSPS) is 10.7. The lowest BCUT2D eigenvalue weighted by atomic mass is 10.1. The fourth-order valence-corrected chi connectivity index (χ4v) is 3.09. The van der Waals surface area contributed by atoms with Crippen LogP contribution in [0.4, 0.5) is 5.69 Å². The van der Waals surface area contributed by atoms with Crippen LogP contribution in [-0.2, 0) is 11.3 Å². The molecule has 0 unspecified atom stereocenters. The van der Waals surface area contributed by atoms with Crippen molar-refractivity contribution in [2.45, 2.75) is 27.3 Å². The predicted molar refractivity (Wildman–Crippen MR) is 104 cm³/mol. The number of benzene rings is 2. The van der Waals surface area contributed by atoms with Crippen LogP contribution < -0.4 is 10.1 Å². The van der Waals surface area contributed by atoms with Crippen LogP contribution in [0.2, 0.25) is 0 Å². The number of nitrogens with zero attached hydrogens (tertiary/aromatic N) is 1. The van der Waals surface area contributed by atoms with Crippen molar-refractivity contribution in [2.24, 2.45) is 0 Å². The molecule has 4 nitrogen and oxygen atoms in total. The molecule has 0 amide bonds. The largest absolute Gasteiger partial charge is 0.423 e. The smallest absolute Gasteiger partial charge is 0.308 e. The summed E-state index contributed by atoms with van der Waals surface area (Å²) >= 11 is 3.45. The number of hydrogen-bond donors (Lipinski definition) is 1. The highest BCUT2D eigenvalue weighted by molar-refractivity contribution is 9.10. The van der Waals surface area contributed by atoms with Gasteiger partial charge in [-0.2, -0.15) is 0 Å². The Bertz CT molecular complexity index is 937.